The zero-order chi connectivity index (χ0) is 14.8. The van der Waals surface area contributed by atoms with Gasteiger partial charge in [-0.3, -0.25) is 0 Å². The Hall–Kier alpha value is -0.960. The molecule has 1 unspecified atom stereocenters. The molecule has 20 heavy (non-hydrogen) atoms. The average Bonchev–Trinajstić information content (AvgIpc) is 2.38. The van der Waals surface area contributed by atoms with Gasteiger partial charge in [0.2, 0.25) is 10.0 Å². The molecule has 0 bridgehead atoms. The zero-order valence-corrected chi connectivity index (χ0v) is 12.8. The van der Waals surface area contributed by atoms with Crippen LogP contribution in [0.5, 0.6) is 0 Å². The van der Waals surface area contributed by atoms with Crippen molar-refractivity contribution < 1.29 is 16.8 Å². The Kier molecular flexibility index (Phi) is 4.48. The fourth-order valence-electron chi connectivity index (χ4n) is 2.11. The van der Waals surface area contributed by atoms with Gasteiger partial charge in [-0.05, 0) is 37.6 Å². The molecule has 0 saturated carbocycles. The molecular formula is C12H18N2O4S2. The topological polar surface area (TPSA) is 92.3 Å². The van der Waals surface area contributed by atoms with Crippen LogP contribution in [0.25, 0.3) is 0 Å². The Labute approximate surface area is 119 Å². The monoisotopic (exact) mass is 318 g/mol. The molecule has 0 aromatic heterocycles. The summed E-state index contributed by atoms with van der Waals surface area (Å²) in [6.45, 7) is 1.48. The van der Waals surface area contributed by atoms with Gasteiger partial charge in [-0.1, -0.05) is 6.07 Å². The quantitative estimate of drug-likeness (QED) is 0.823. The second-order valence-electron chi connectivity index (χ2n) is 4.91. The molecule has 112 valence electrons. The molecule has 0 aliphatic carbocycles. The van der Waals surface area contributed by atoms with Gasteiger partial charge in [0.05, 0.1) is 9.79 Å². The lowest BCUT2D eigenvalue weighted by Gasteiger charge is -2.23. The van der Waals surface area contributed by atoms with E-state index in [1.807, 2.05) is 0 Å². The van der Waals surface area contributed by atoms with Crippen molar-refractivity contribution in [3.05, 3.63) is 24.3 Å². The molecule has 2 N–H and O–H groups in total. The highest BCUT2D eigenvalue weighted by atomic mass is 32.2. The maximum atomic E-state index is 12.2. The van der Waals surface area contributed by atoms with Crippen LogP contribution >= 0.6 is 0 Å². The van der Waals surface area contributed by atoms with Gasteiger partial charge in [-0.15, -0.1) is 0 Å². The lowest BCUT2D eigenvalue weighted by atomic mass is 10.1. The van der Waals surface area contributed by atoms with E-state index in [0.29, 0.717) is 6.54 Å². The predicted octanol–water partition coefficient (Wildman–Crippen LogP) is 0.120. The highest BCUT2D eigenvalue weighted by molar-refractivity contribution is 7.91. The number of piperidine rings is 1. The van der Waals surface area contributed by atoms with E-state index in [-0.39, 0.29) is 15.8 Å². The van der Waals surface area contributed by atoms with Crippen LogP contribution < -0.4 is 10.0 Å². The largest absolute Gasteiger partial charge is 0.315 e. The number of sulfone groups is 1. The summed E-state index contributed by atoms with van der Waals surface area (Å²) in [5, 5.41) is 3.12. The van der Waals surface area contributed by atoms with E-state index in [1.54, 1.807) is 0 Å². The van der Waals surface area contributed by atoms with Gasteiger partial charge in [-0.25, -0.2) is 21.6 Å². The minimum Gasteiger partial charge on any atom is -0.315 e. The first-order valence-electron chi connectivity index (χ1n) is 6.32. The van der Waals surface area contributed by atoms with Gasteiger partial charge in [0.1, 0.15) is 0 Å². The molecule has 8 heteroatoms. The summed E-state index contributed by atoms with van der Waals surface area (Å²) < 4.78 is 50.1. The van der Waals surface area contributed by atoms with Gasteiger partial charge >= 0.3 is 0 Å². The molecule has 0 amide bonds. The number of benzene rings is 1. The van der Waals surface area contributed by atoms with Crippen molar-refractivity contribution in [1.82, 2.24) is 10.0 Å². The molecule has 0 radical (unpaired) electrons. The SMILES string of the molecule is CS(=O)(=O)c1cccc(S(=O)(=O)NC2CCCNC2)c1. The number of hydrogen-bond donors (Lipinski definition) is 2. The van der Waals surface area contributed by atoms with Crippen molar-refractivity contribution in [3.63, 3.8) is 0 Å². The van der Waals surface area contributed by atoms with Crippen molar-refractivity contribution in [2.75, 3.05) is 19.3 Å². The lowest BCUT2D eigenvalue weighted by molar-refractivity contribution is 0.428. The molecule has 1 fully saturated rings. The standard InChI is InChI=1S/C12H18N2O4S2/c1-19(15,16)11-5-2-6-12(8-11)20(17,18)14-10-4-3-7-13-9-10/h2,5-6,8,10,13-14H,3-4,7,9H2,1H3. The van der Waals surface area contributed by atoms with E-state index >= 15 is 0 Å². The van der Waals surface area contributed by atoms with Crippen LogP contribution in [0.1, 0.15) is 12.8 Å². The number of rotatable bonds is 4. The minimum atomic E-state index is -3.70. The number of nitrogens with one attached hydrogen (secondary N) is 2. The minimum absolute atomic E-state index is 0.00199. The first kappa shape index (κ1) is 15.4. The molecule has 2 rings (SSSR count). The lowest BCUT2D eigenvalue weighted by Crippen LogP contribution is -2.45. The van der Waals surface area contributed by atoms with Gasteiger partial charge in [0, 0.05) is 18.8 Å². The van der Waals surface area contributed by atoms with E-state index in [2.05, 4.69) is 10.0 Å². The molecule has 1 atom stereocenters. The molecular weight excluding hydrogens is 300 g/mol. The van der Waals surface area contributed by atoms with Gasteiger partial charge in [-0.2, -0.15) is 0 Å². The van der Waals surface area contributed by atoms with Crippen LogP contribution in [0.3, 0.4) is 0 Å². The first-order valence-corrected chi connectivity index (χ1v) is 9.70. The normalized spacial score (nSPS) is 20.8. The summed E-state index contributed by atoms with van der Waals surface area (Å²) in [6.07, 6.45) is 2.74. The fourth-order valence-corrected chi connectivity index (χ4v) is 4.17. The van der Waals surface area contributed by atoms with Crippen molar-refractivity contribution in [2.24, 2.45) is 0 Å². The predicted molar refractivity (Wildman–Crippen MR) is 75.8 cm³/mol. The molecule has 1 aromatic carbocycles. The van der Waals surface area contributed by atoms with Crippen molar-refractivity contribution in [1.29, 1.82) is 0 Å². The zero-order valence-electron chi connectivity index (χ0n) is 11.2. The molecule has 1 aromatic rings. The van der Waals surface area contributed by atoms with Crippen LogP contribution in [-0.4, -0.2) is 42.2 Å². The fraction of sp³-hybridized carbons (Fsp3) is 0.500. The van der Waals surface area contributed by atoms with Crippen LogP contribution in [0.2, 0.25) is 0 Å². The third-order valence-electron chi connectivity index (χ3n) is 3.16. The summed E-state index contributed by atoms with van der Waals surface area (Å²) in [7, 11) is -7.12. The Morgan fingerprint density at radius 1 is 1.20 bits per heavy atom. The summed E-state index contributed by atoms with van der Waals surface area (Å²) in [5.74, 6) is 0. The van der Waals surface area contributed by atoms with Crippen LogP contribution in [0.15, 0.2) is 34.1 Å². The molecule has 1 saturated heterocycles. The summed E-state index contributed by atoms with van der Waals surface area (Å²) in [6, 6.07) is 5.25. The van der Waals surface area contributed by atoms with Crippen molar-refractivity contribution in [2.45, 2.75) is 28.7 Å². The highest BCUT2D eigenvalue weighted by Crippen LogP contribution is 2.16. The molecule has 6 nitrogen and oxygen atoms in total. The van der Waals surface area contributed by atoms with E-state index in [1.165, 1.54) is 24.3 Å². The highest BCUT2D eigenvalue weighted by Gasteiger charge is 2.22. The number of sulfonamides is 1. The second-order valence-corrected chi connectivity index (χ2v) is 8.64. The Bertz CT molecular complexity index is 677. The third-order valence-corrected chi connectivity index (χ3v) is 5.79. The molecule has 0 spiro atoms. The summed E-state index contributed by atoms with van der Waals surface area (Å²) in [5.41, 5.74) is 0. The van der Waals surface area contributed by atoms with Gasteiger partial charge < -0.3 is 5.32 Å². The number of hydrogen-bond acceptors (Lipinski definition) is 5. The van der Waals surface area contributed by atoms with Crippen LogP contribution in [0, 0.1) is 0 Å². The Morgan fingerprint density at radius 2 is 1.90 bits per heavy atom. The van der Waals surface area contributed by atoms with E-state index < -0.39 is 19.9 Å². The molecule has 1 aliphatic rings. The Balaban J connectivity index is 2.25. The van der Waals surface area contributed by atoms with Gasteiger partial charge in [0.15, 0.2) is 9.84 Å². The van der Waals surface area contributed by atoms with E-state index in [0.717, 1.165) is 25.6 Å². The summed E-state index contributed by atoms with van der Waals surface area (Å²) in [4.78, 5) is -0.0202. The molecule has 1 heterocycles. The van der Waals surface area contributed by atoms with Gasteiger partial charge in [0.25, 0.3) is 0 Å². The Morgan fingerprint density at radius 3 is 2.50 bits per heavy atom. The summed E-state index contributed by atoms with van der Waals surface area (Å²) >= 11 is 0. The second kappa shape index (κ2) is 5.80. The maximum Gasteiger partial charge on any atom is 0.240 e. The third kappa shape index (κ3) is 3.78. The van der Waals surface area contributed by atoms with E-state index in [9.17, 15) is 16.8 Å². The van der Waals surface area contributed by atoms with Crippen molar-refractivity contribution >= 4 is 19.9 Å². The smallest absolute Gasteiger partial charge is 0.240 e. The van der Waals surface area contributed by atoms with Crippen LogP contribution in [0.4, 0.5) is 0 Å². The van der Waals surface area contributed by atoms with Crippen LogP contribution in [-0.2, 0) is 19.9 Å². The first-order chi connectivity index (χ1) is 9.29. The molecule has 1 aliphatic heterocycles. The van der Waals surface area contributed by atoms with Crippen molar-refractivity contribution in [3.8, 4) is 0 Å². The maximum absolute atomic E-state index is 12.2. The average molecular weight is 318 g/mol. The van der Waals surface area contributed by atoms with E-state index in [4.69, 9.17) is 0 Å².